The smallest absolute Gasteiger partial charge is 0.227 e. The molecule has 1 aromatic carbocycles. The van der Waals surface area contributed by atoms with Gasteiger partial charge in [0, 0.05) is 5.92 Å². The number of ether oxygens (including phenoxy) is 2. The van der Waals surface area contributed by atoms with Gasteiger partial charge in [-0.05, 0) is 38.8 Å². The Balaban J connectivity index is 1.94. The summed E-state index contributed by atoms with van der Waals surface area (Å²) in [6, 6.07) is 7.55. The van der Waals surface area contributed by atoms with Crippen molar-refractivity contribution in [2.45, 2.75) is 32.6 Å². The minimum Gasteiger partial charge on any atom is -0.490 e. The predicted molar refractivity (Wildman–Crippen MR) is 80.8 cm³/mol. The molecule has 0 unspecified atom stereocenters. The molecule has 1 fully saturated rings. The van der Waals surface area contributed by atoms with Crippen molar-refractivity contribution >= 4 is 5.82 Å². The zero-order valence-electron chi connectivity index (χ0n) is 12.3. The molecule has 1 aromatic heterocycles. The van der Waals surface area contributed by atoms with Crippen LogP contribution < -0.4 is 15.2 Å². The minimum atomic E-state index is 0.428. The summed E-state index contributed by atoms with van der Waals surface area (Å²) in [5, 5.41) is 0. The van der Waals surface area contributed by atoms with Crippen LogP contribution in [-0.2, 0) is 0 Å². The fourth-order valence-electron chi connectivity index (χ4n) is 2.07. The summed E-state index contributed by atoms with van der Waals surface area (Å²) < 4.78 is 11.5. The van der Waals surface area contributed by atoms with Crippen LogP contribution in [0.2, 0.25) is 0 Å². The predicted octanol–water partition coefficient (Wildman–Crippen LogP) is 3.44. The van der Waals surface area contributed by atoms with Crippen LogP contribution in [0.4, 0.5) is 5.82 Å². The van der Waals surface area contributed by atoms with Gasteiger partial charge in [0.2, 0.25) is 5.88 Å². The van der Waals surface area contributed by atoms with E-state index >= 15 is 0 Å². The number of hydrogen-bond acceptors (Lipinski definition) is 5. The molecule has 1 aliphatic carbocycles. The molecule has 0 bridgehead atoms. The maximum absolute atomic E-state index is 5.98. The lowest BCUT2D eigenvalue weighted by molar-refractivity contribution is 0.319. The third kappa shape index (κ3) is 2.91. The van der Waals surface area contributed by atoms with Crippen LogP contribution in [0.5, 0.6) is 17.4 Å². The first-order chi connectivity index (χ1) is 10.2. The van der Waals surface area contributed by atoms with E-state index < -0.39 is 0 Å². The molecule has 2 N–H and O–H groups in total. The number of rotatable bonds is 5. The number of para-hydroxylation sites is 2. The molecular weight excluding hydrogens is 266 g/mol. The number of benzene rings is 1. The first kappa shape index (κ1) is 13.7. The molecule has 5 nitrogen and oxygen atoms in total. The lowest BCUT2D eigenvalue weighted by atomic mass is 10.3. The topological polar surface area (TPSA) is 70.3 Å². The maximum atomic E-state index is 5.98. The highest BCUT2D eigenvalue weighted by atomic mass is 16.5. The summed E-state index contributed by atoms with van der Waals surface area (Å²) in [5.74, 6) is 3.54. The van der Waals surface area contributed by atoms with Crippen molar-refractivity contribution in [2.75, 3.05) is 12.3 Å². The molecule has 0 amide bonds. The summed E-state index contributed by atoms with van der Waals surface area (Å²) in [6.07, 6.45) is 2.24. The minimum absolute atomic E-state index is 0.428. The lowest BCUT2D eigenvalue weighted by Crippen LogP contribution is -2.05. The van der Waals surface area contributed by atoms with E-state index in [2.05, 4.69) is 9.97 Å². The first-order valence-corrected chi connectivity index (χ1v) is 7.22. The van der Waals surface area contributed by atoms with Gasteiger partial charge in [-0.1, -0.05) is 12.1 Å². The average Bonchev–Trinajstić information content (AvgIpc) is 3.30. The SMILES string of the molecule is CCOc1ccccc1Oc1nc(C2CC2)nc(N)c1C. The molecule has 21 heavy (non-hydrogen) atoms. The van der Waals surface area contributed by atoms with Crippen LogP contribution >= 0.6 is 0 Å². The second kappa shape index (κ2) is 5.60. The Labute approximate surface area is 124 Å². The summed E-state index contributed by atoms with van der Waals surface area (Å²) in [4.78, 5) is 8.87. The lowest BCUT2D eigenvalue weighted by Gasteiger charge is -2.13. The Morgan fingerprint density at radius 3 is 2.57 bits per heavy atom. The number of aromatic nitrogens is 2. The van der Waals surface area contributed by atoms with Crippen molar-refractivity contribution in [1.29, 1.82) is 0 Å². The Hall–Kier alpha value is -2.30. The van der Waals surface area contributed by atoms with Crippen molar-refractivity contribution in [1.82, 2.24) is 9.97 Å². The zero-order valence-corrected chi connectivity index (χ0v) is 12.3. The van der Waals surface area contributed by atoms with Gasteiger partial charge in [-0.25, -0.2) is 4.98 Å². The third-order valence-corrected chi connectivity index (χ3v) is 3.45. The summed E-state index contributed by atoms with van der Waals surface area (Å²) in [7, 11) is 0. The highest BCUT2D eigenvalue weighted by molar-refractivity contribution is 5.48. The third-order valence-electron chi connectivity index (χ3n) is 3.45. The molecule has 3 rings (SSSR count). The van der Waals surface area contributed by atoms with Crippen molar-refractivity contribution in [3.8, 4) is 17.4 Å². The molecule has 2 aromatic rings. The molecule has 0 atom stereocenters. The molecule has 110 valence electrons. The molecule has 5 heteroatoms. The molecule has 0 saturated heterocycles. The van der Waals surface area contributed by atoms with Gasteiger partial charge in [0.1, 0.15) is 11.6 Å². The van der Waals surface area contributed by atoms with Crippen LogP contribution in [0.1, 0.15) is 37.1 Å². The van der Waals surface area contributed by atoms with Gasteiger partial charge < -0.3 is 15.2 Å². The van der Waals surface area contributed by atoms with E-state index in [1.807, 2.05) is 38.1 Å². The molecule has 0 radical (unpaired) electrons. The number of anilines is 1. The van der Waals surface area contributed by atoms with Crippen LogP contribution in [-0.4, -0.2) is 16.6 Å². The van der Waals surface area contributed by atoms with Crippen molar-refractivity contribution in [3.63, 3.8) is 0 Å². The van der Waals surface area contributed by atoms with Gasteiger partial charge >= 0.3 is 0 Å². The van der Waals surface area contributed by atoms with Crippen molar-refractivity contribution in [2.24, 2.45) is 0 Å². The van der Waals surface area contributed by atoms with E-state index in [1.165, 1.54) is 0 Å². The van der Waals surface area contributed by atoms with Crippen LogP contribution in [0.25, 0.3) is 0 Å². The number of nitrogens with zero attached hydrogens (tertiary/aromatic N) is 2. The Morgan fingerprint density at radius 1 is 1.19 bits per heavy atom. The summed E-state index contributed by atoms with van der Waals surface area (Å²) in [5.41, 5.74) is 6.73. The molecule has 0 spiro atoms. The van der Waals surface area contributed by atoms with Gasteiger partial charge in [-0.3, -0.25) is 0 Å². The van der Waals surface area contributed by atoms with Gasteiger partial charge in [0.05, 0.1) is 12.2 Å². The first-order valence-electron chi connectivity index (χ1n) is 7.22. The Bertz CT molecular complexity index is 654. The monoisotopic (exact) mass is 285 g/mol. The van der Waals surface area contributed by atoms with Crippen LogP contribution in [0, 0.1) is 6.92 Å². The van der Waals surface area contributed by atoms with Gasteiger partial charge in [-0.15, -0.1) is 0 Å². The summed E-state index contributed by atoms with van der Waals surface area (Å²) in [6.45, 7) is 4.39. The molecule has 1 heterocycles. The van der Waals surface area contributed by atoms with E-state index in [4.69, 9.17) is 15.2 Å². The van der Waals surface area contributed by atoms with E-state index in [0.717, 1.165) is 24.2 Å². The fourth-order valence-corrected chi connectivity index (χ4v) is 2.07. The van der Waals surface area contributed by atoms with Crippen LogP contribution in [0.3, 0.4) is 0 Å². The van der Waals surface area contributed by atoms with Gasteiger partial charge in [-0.2, -0.15) is 4.98 Å². The molecular formula is C16H19N3O2. The van der Waals surface area contributed by atoms with Gasteiger partial charge in [0.15, 0.2) is 11.5 Å². The normalized spacial score (nSPS) is 14.0. The largest absolute Gasteiger partial charge is 0.490 e. The average molecular weight is 285 g/mol. The standard InChI is InChI=1S/C16H19N3O2/c1-3-20-12-6-4-5-7-13(12)21-16-10(2)14(17)18-15(19-16)11-8-9-11/h4-7,11H,3,8-9H2,1-2H3,(H2,17,18,19). The highest BCUT2D eigenvalue weighted by Crippen LogP contribution is 2.40. The fraction of sp³-hybridized carbons (Fsp3) is 0.375. The quantitative estimate of drug-likeness (QED) is 0.911. The Kier molecular flexibility index (Phi) is 3.64. The number of hydrogen-bond donors (Lipinski definition) is 1. The summed E-state index contributed by atoms with van der Waals surface area (Å²) >= 11 is 0. The highest BCUT2D eigenvalue weighted by Gasteiger charge is 2.28. The Morgan fingerprint density at radius 2 is 1.90 bits per heavy atom. The second-order valence-corrected chi connectivity index (χ2v) is 5.15. The number of nitrogen functional groups attached to an aromatic ring is 1. The molecule has 0 aliphatic heterocycles. The molecule has 1 saturated carbocycles. The van der Waals surface area contributed by atoms with Crippen LogP contribution in [0.15, 0.2) is 24.3 Å². The van der Waals surface area contributed by atoms with E-state index in [1.54, 1.807) is 0 Å². The van der Waals surface area contributed by atoms with Crippen molar-refractivity contribution < 1.29 is 9.47 Å². The van der Waals surface area contributed by atoms with E-state index in [9.17, 15) is 0 Å². The second-order valence-electron chi connectivity index (χ2n) is 5.15. The zero-order chi connectivity index (χ0) is 14.8. The van der Waals surface area contributed by atoms with Crippen molar-refractivity contribution in [3.05, 3.63) is 35.7 Å². The van der Waals surface area contributed by atoms with E-state index in [-0.39, 0.29) is 0 Å². The van der Waals surface area contributed by atoms with E-state index in [0.29, 0.717) is 35.7 Å². The molecule has 1 aliphatic rings. The number of nitrogens with two attached hydrogens (primary N) is 1. The van der Waals surface area contributed by atoms with Gasteiger partial charge in [0.25, 0.3) is 0 Å². The maximum Gasteiger partial charge on any atom is 0.227 e.